The highest BCUT2D eigenvalue weighted by Crippen LogP contribution is 2.26. The molecule has 1 aromatic carbocycles. The summed E-state index contributed by atoms with van der Waals surface area (Å²) in [5.74, 6) is 0. The van der Waals surface area contributed by atoms with Crippen molar-refractivity contribution in [1.82, 2.24) is 0 Å². The van der Waals surface area contributed by atoms with Gasteiger partial charge in [0.25, 0.3) is 0 Å². The van der Waals surface area contributed by atoms with E-state index >= 15 is 0 Å². The maximum Gasteiger partial charge on any atom is 0.137 e. The third kappa shape index (κ3) is 1.69. The molecule has 0 spiro atoms. The molecule has 0 saturated carbocycles. The first-order valence-corrected chi connectivity index (χ1v) is 5.35. The van der Waals surface area contributed by atoms with Gasteiger partial charge in [-0.05, 0) is 28.8 Å². The topological polar surface area (TPSA) is 43.1 Å². The van der Waals surface area contributed by atoms with Gasteiger partial charge in [-0.2, -0.15) is 0 Å². The average Bonchev–Trinajstić information content (AvgIpc) is 2.62. The lowest BCUT2D eigenvalue weighted by molar-refractivity contribution is -0.108. The number of fused-ring (bicyclic) bond motifs is 1. The predicted octanol–water partition coefficient (Wildman–Crippen LogP) is 1.97. The number of thiophene rings is 1. The minimum absolute atomic E-state index is 0.381. The van der Waals surface area contributed by atoms with Gasteiger partial charge < -0.3 is 10.5 Å². The Morgan fingerprint density at radius 3 is 3.00 bits per heavy atom. The summed E-state index contributed by atoms with van der Waals surface area (Å²) < 4.78 is 1.25. The molecule has 0 saturated heterocycles. The molecular formula is C11H11NOS. The minimum atomic E-state index is -0.381. The lowest BCUT2D eigenvalue weighted by atomic mass is 10.1. The zero-order valence-electron chi connectivity index (χ0n) is 7.64. The molecule has 2 rings (SSSR count). The monoisotopic (exact) mass is 205 g/mol. The highest BCUT2D eigenvalue weighted by Gasteiger charge is 2.07. The number of benzene rings is 1. The Balaban J connectivity index is 2.38. The van der Waals surface area contributed by atoms with Crippen molar-refractivity contribution in [3.8, 4) is 0 Å². The van der Waals surface area contributed by atoms with E-state index in [0.717, 1.165) is 6.29 Å². The summed E-state index contributed by atoms with van der Waals surface area (Å²) in [5.41, 5.74) is 6.76. The van der Waals surface area contributed by atoms with Crippen LogP contribution in [0.4, 0.5) is 0 Å². The van der Waals surface area contributed by atoms with E-state index in [-0.39, 0.29) is 6.04 Å². The number of nitrogens with two attached hydrogens (primary N) is 1. The minimum Gasteiger partial charge on any atom is -0.321 e. The van der Waals surface area contributed by atoms with Gasteiger partial charge in [-0.15, -0.1) is 11.3 Å². The van der Waals surface area contributed by atoms with Crippen molar-refractivity contribution in [2.75, 3.05) is 0 Å². The standard InChI is InChI=1S/C11H11NOS/c12-9(6-13)5-8-7-14-11-4-2-1-3-10(8)11/h1-4,6-7,9H,5,12H2. The summed E-state index contributed by atoms with van der Waals surface area (Å²) in [6.45, 7) is 0. The van der Waals surface area contributed by atoms with E-state index in [1.165, 1.54) is 15.6 Å². The zero-order chi connectivity index (χ0) is 9.97. The van der Waals surface area contributed by atoms with Crippen molar-refractivity contribution in [3.05, 3.63) is 35.2 Å². The second-order valence-corrected chi connectivity index (χ2v) is 4.17. The second kappa shape index (κ2) is 3.90. The fraction of sp³-hybridized carbons (Fsp3) is 0.182. The molecule has 1 atom stereocenters. The van der Waals surface area contributed by atoms with Crippen LogP contribution in [0.25, 0.3) is 10.1 Å². The lowest BCUT2D eigenvalue weighted by Crippen LogP contribution is -2.23. The van der Waals surface area contributed by atoms with Gasteiger partial charge in [0.05, 0.1) is 6.04 Å². The van der Waals surface area contributed by atoms with Crippen LogP contribution in [0.5, 0.6) is 0 Å². The molecule has 0 radical (unpaired) electrons. The van der Waals surface area contributed by atoms with Crippen LogP contribution in [-0.2, 0) is 11.2 Å². The number of aldehydes is 1. The summed E-state index contributed by atoms with van der Waals surface area (Å²) in [6, 6.07) is 7.79. The van der Waals surface area contributed by atoms with Gasteiger partial charge in [-0.3, -0.25) is 0 Å². The predicted molar refractivity (Wildman–Crippen MR) is 59.6 cm³/mol. The maximum absolute atomic E-state index is 10.4. The van der Waals surface area contributed by atoms with Crippen molar-refractivity contribution < 1.29 is 4.79 Å². The highest BCUT2D eigenvalue weighted by molar-refractivity contribution is 7.17. The van der Waals surface area contributed by atoms with Crippen molar-refractivity contribution in [2.45, 2.75) is 12.5 Å². The molecule has 0 aliphatic rings. The van der Waals surface area contributed by atoms with Crippen molar-refractivity contribution in [1.29, 1.82) is 0 Å². The fourth-order valence-corrected chi connectivity index (χ4v) is 2.47. The Morgan fingerprint density at radius 2 is 2.21 bits per heavy atom. The molecule has 2 aromatic rings. The molecule has 3 heteroatoms. The van der Waals surface area contributed by atoms with E-state index in [2.05, 4.69) is 17.5 Å². The molecular weight excluding hydrogens is 194 g/mol. The average molecular weight is 205 g/mol. The SMILES string of the molecule is NC(C=O)Cc1csc2ccccc12. The summed E-state index contributed by atoms with van der Waals surface area (Å²) >= 11 is 1.69. The molecule has 0 fully saturated rings. The van der Waals surface area contributed by atoms with Crippen molar-refractivity contribution in [2.24, 2.45) is 5.73 Å². The third-order valence-corrected chi connectivity index (χ3v) is 3.20. The van der Waals surface area contributed by atoms with Gasteiger partial charge in [0.2, 0.25) is 0 Å². The molecule has 14 heavy (non-hydrogen) atoms. The smallest absolute Gasteiger partial charge is 0.137 e. The quantitative estimate of drug-likeness (QED) is 0.778. The highest BCUT2D eigenvalue weighted by atomic mass is 32.1. The van der Waals surface area contributed by atoms with Crippen LogP contribution in [0.1, 0.15) is 5.56 Å². The number of carbonyl (C=O) groups is 1. The number of carbonyl (C=O) groups excluding carboxylic acids is 1. The van der Waals surface area contributed by atoms with Crippen LogP contribution >= 0.6 is 11.3 Å². The van der Waals surface area contributed by atoms with Crippen LogP contribution in [0.3, 0.4) is 0 Å². The van der Waals surface area contributed by atoms with E-state index in [0.29, 0.717) is 6.42 Å². The molecule has 0 amide bonds. The van der Waals surface area contributed by atoms with E-state index in [9.17, 15) is 4.79 Å². The molecule has 1 unspecified atom stereocenters. The molecule has 1 heterocycles. The molecule has 2 nitrogen and oxygen atoms in total. The number of rotatable bonds is 3. The Hall–Kier alpha value is -1.19. The molecule has 0 bridgehead atoms. The Morgan fingerprint density at radius 1 is 1.43 bits per heavy atom. The number of hydrogen-bond donors (Lipinski definition) is 1. The van der Waals surface area contributed by atoms with Crippen LogP contribution in [0.15, 0.2) is 29.6 Å². The largest absolute Gasteiger partial charge is 0.321 e. The molecule has 0 aliphatic carbocycles. The van der Waals surface area contributed by atoms with Gasteiger partial charge in [0, 0.05) is 4.70 Å². The molecule has 2 N–H and O–H groups in total. The summed E-state index contributed by atoms with van der Waals surface area (Å²) in [6.07, 6.45) is 1.43. The van der Waals surface area contributed by atoms with Crippen molar-refractivity contribution in [3.63, 3.8) is 0 Å². The van der Waals surface area contributed by atoms with E-state index in [4.69, 9.17) is 5.73 Å². The Labute approximate surface area is 86.3 Å². The van der Waals surface area contributed by atoms with Gasteiger partial charge in [-0.1, -0.05) is 18.2 Å². The van der Waals surface area contributed by atoms with Crippen LogP contribution < -0.4 is 5.73 Å². The summed E-state index contributed by atoms with van der Waals surface area (Å²) in [5, 5.41) is 3.29. The first kappa shape index (κ1) is 9.37. The van der Waals surface area contributed by atoms with E-state index in [1.54, 1.807) is 11.3 Å². The Kier molecular flexibility index (Phi) is 2.61. The van der Waals surface area contributed by atoms with Crippen LogP contribution in [-0.4, -0.2) is 12.3 Å². The van der Waals surface area contributed by atoms with Crippen molar-refractivity contribution >= 4 is 27.7 Å². The van der Waals surface area contributed by atoms with E-state index < -0.39 is 0 Å². The van der Waals surface area contributed by atoms with Gasteiger partial charge in [0.15, 0.2) is 0 Å². The lowest BCUT2D eigenvalue weighted by Gasteiger charge is -2.01. The van der Waals surface area contributed by atoms with Crippen LogP contribution in [0.2, 0.25) is 0 Å². The first-order valence-electron chi connectivity index (χ1n) is 4.47. The number of hydrogen-bond acceptors (Lipinski definition) is 3. The van der Waals surface area contributed by atoms with Gasteiger partial charge in [0.1, 0.15) is 6.29 Å². The maximum atomic E-state index is 10.4. The Bertz CT molecular complexity index is 449. The van der Waals surface area contributed by atoms with Crippen LogP contribution in [0, 0.1) is 0 Å². The van der Waals surface area contributed by atoms with Gasteiger partial charge in [-0.25, -0.2) is 0 Å². The normalized spacial score (nSPS) is 12.9. The zero-order valence-corrected chi connectivity index (χ0v) is 8.46. The molecule has 0 aliphatic heterocycles. The second-order valence-electron chi connectivity index (χ2n) is 3.26. The fourth-order valence-electron chi connectivity index (χ4n) is 1.49. The third-order valence-electron chi connectivity index (χ3n) is 2.19. The first-order chi connectivity index (χ1) is 6.81. The van der Waals surface area contributed by atoms with Gasteiger partial charge >= 0.3 is 0 Å². The van der Waals surface area contributed by atoms with E-state index in [1.807, 2.05) is 12.1 Å². The molecule has 72 valence electrons. The summed E-state index contributed by atoms with van der Waals surface area (Å²) in [7, 11) is 0. The summed E-state index contributed by atoms with van der Waals surface area (Å²) in [4.78, 5) is 10.4. The molecule has 1 aromatic heterocycles.